The van der Waals surface area contributed by atoms with Crippen LogP contribution >= 0.6 is 22.9 Å². The molecule has 1 aliphatic rings. The number of aromatic nitrogens is 1. The summed E-state index contributed by atoms with van der Waals surface area (Å²) < 4.78 is 18.3. The third-order valence-electron chi connectivity index (χ3n) is 3.92. The molecule has 0 bridgehead atoms. The third-order valence-corrected chi connectivity index (χ3v) is 5.09. The molecule has 1 amide bonds. The van der Waals surface area contributed by atoms with E-state index in [2.05, 4.69) is 4.99 Å². The molecule has 140 valence electrons. The van der Waals surface area contributed by atoms with Crippen molar-refractivity contribution >= 4 is 28.8 Å². The van der Waals surface area contributed by atoms with E-state index >= 15 is 0 Å². The Morgan fingerprint density at radius 2 is 2.35 bits per heavy atom. The fourth-order valence-electron chi connectivity index (χ4n) is 2.65. The molecule has 1 aromatic heterocycles. The highest BCUT2D eigenvalue weighted by Gasteiger charge is 2.21. The van der Waals surface area contributed by atoms with E-state index in [4.69, 9.17) is 25.8 Å². The first-order valence-electron chi connectivity index (χ1n) is 8.35. The van der Waals surface area contributed by atoms with Crippen LogP contribution in [-0.2, 0) is 16.0 Å². The lowest BCUT2D eigenvalue weighted by atomic mass is 10.2. The van der Waals surface area contributed by atoms with Gasteiger partial charge in [0.1, 0.15) is 11.9 Å². The van der Waals surface area contributed by atoms with Gasteiger partial charge in [0, 0.05) is 36.2 Å². The van der Waals surface area contributed by atoms with Crippen LogP contribution in [-0.4, -0.2) is 43.5 Å². The summed E-state index contributed by atoms with van der Waals surface area (Å²) >= 11 is 7.55. The van der Waals surface area contributed by atoms with E-state index in [9.17, 15) is 4.79 Å². The molecule has 1 fully saturated rings. The summed E-state index contributed by atoms with van der Waals surface area (Å²) in [5, 5.41) is 0.466. The first kappa shape index (κ1) is 19.1. The number of hydrogen-bond acceptors (Lipinski definition) is 5. The first-order valence-corrected chi connectivity index (χ1v) is 9.55. The fraction of sp³-hybridized carbons (Fsp3) is 0.444. The molecule has 0 aliphatic carbocycles. The van der Waals surface area contributed by atoms with Crippen LogP contribution in [0.15, 0.2) is 29.4 Å². The van der Waals surface area contributed by atoms with Gasteiger partial charge in [-0.15, -0.1) is 11.3 Å². The molecule has 6 nitrogen and oxygen atoms in total. The van der Waals surface area contributed by atoms with Crippen LogP contribution in [0.25, 0.3) is 0 Å². The second kappa shape index (κ2) is 8.81. The van der Waals surface area contributed by atoms with E-state index in [0.717, 1.165) is 11.3 Å². The topological polar surface area (TPSA) is 62.1 Å². The van der Waals surface area contributed by atoms with Gasteiger partial charge >= 0.3 is 0 Å². The Balaban J connectivity index is 1.91. The molecule has 0 N–H and O–H groups in total. The molecule has 2 heterocycles. The molecule has 1 saturated heterocycles. The third kappa shape index (κ3) is 4.73. The van der Waals surface area contributed by atoms with Crippen molar-refractivity contribution in [3.05, 3.63) is 44.7 Å². The molecule has 3 rings (SSSR count). The van der Waals surface area contributed by atoms with Crippen LogP contribution in [0.1, 0.15) is 21.7 Å². The summed E-state index contributed by atoms with van der Waals surface area (Å²) in [5.74, 6) is 0.102. The number of carbonyl (C=O) groups excluding carboxylic acids is 1. The molecule has 1 aromatic carbocycles. The van der Waals surface area contributed by atoms with E-state index in [0.29, 0.717) is 47.5 Å². The van der Waals surface area contributed by atoms with Gasteiger partial charge in [0.2, 0.25) is 0 Å². The van der Waals surface area contributed by atoms with Crippen LogP contribution in [0.5, 0.6) is 5.75 Å². The average molecular weight is 397 g/mol. The zero-order valence-corrected chi connectivity index (χ0v) is 16.3. The quantitative estimate of drug-likeness (QED) is 0.752. The lowest BCUT2D eigenvalue weighted by Crippen LogP contribution is -2.20. The summed E-state index contributed by atoms with van der Waals surface area (Å²) in [6, 6.07) is 5.01. The first-order chi connectivity index (χ1) is 12.6. The maximum Gasteiger partial charge on any atom is 0.283 e. The summed E-state index contributed by atoms with van der Waals surface area (Å²) in [4.78, 5) is 18.8. The molecule has 2 aromatic rings. The maximum atomic E-state index is 12.8. The minimum absolute atomic E-state index is 0.0571. The standard InChI is InChI=1S/C18H21ClN2O4S/c1-12-10-21(6-8-23-2)18(26-12)20-17(22)15-9-13(19)3-4-16(15)25-14-5-7-24-11-14/h3-4,9-10,14H,5-8,11H2,1-2H3/b20-18-. The summed E-state index contributed by atoms with van der Waals surface area (Å²) in [7, 11) is 1.64. The summed E-state index contributed by atoms with van der Waals surface area (Å²) in [6.07, 6.45) is 2.70. The minimum atomic E-state index is -0.380. The number of ether oxygens (including phenoxy) is 3. The number of hydrogen-bond donors (Lipinski definition) is 0. The highest BCUT2D eigenvalue weighted by Crippen LogP contribution is 2.26. The smallest absolute Gasteiger partial charge is 0.283 e. The van der Waals surface area contributed by atoms with E-state index in [1.54, 1.807) is 25.3 Å². The number of methoxy groups -OCH3 is 1. The van der Waals surface area contributed by atoms with Gasteiger partial charge in [-0.25, -0.2) is 0 Å². The summed E-state index contributed by atoms with van der Waals surface area (Å²) in [5.41, 5.74) is 0.355. The fourth-order valence-corrected chi connectivity index (χ4v) is 3.67. The average Bonchev–Trinajstić information content (AvgIpc) is 3.24. The number of nitrogens with zero attached hydrogens (tertiary/aromatic N) is 2. The second-order valence-electron chi connectivity index (χ2n) is 5.97. The van der Waals surface area contributed by atoms with Crippen molar-refractivity contribution in [2.45, 2.75) is 26.0 Å². The predicted molar refractivity (Wildman–Crippen MR) is 100 cm³/mol. The zero-order valence-electron chi connectivity index (χ0n) is 14.7. The van der Waals surface area contributed by atoms with Gasteiger partial charge in [-0.3, -0.25) is 4.79 Å². The number of carbonyl (C=O) groups is 1. The Hall–Kier alpha value is -1.67. The van der Waals surface area contributed by atoms with Crippen LogP contribution in [0.2, 0.25) is 5.02 Å². The molecule has 1 unspecified atom stereocenters. The lowest BCUT2D eigenvalue weighted by Gasteiger charge is -2.14. The normalized spacial score (nSPS) is 17.7. The molecule has 26 heavy (non-hydrogen) atoms. The monoisotopic (exact) mass is 396 g/mol. The number of rotatable bonds is 6. The van der Waals surface area contributed by atoms with Crippen molar-refractivity contribution in [1.29, 1.82) is 0 Å². The Kier molecular flexibility index (Phi) is 6.48. The molecule has 0 saturated carbocycles. The van der Waals surface area contributed by atoms with E-state index in [1.807, 2.05) is 17.7 Å². The lowest BCUT2D eigenvalue weighted by molar-refractivity contribution is 0.0986. The molecule has 0 spiro atoms. The summed E-state index contributed by atoms with van der Waals surface area (Å²) in [6.45, 7) is 4.34. The van der Waals surface area contributed by atoms with Crippen LogP contribution in [0, 0.1) is 6.92 Å². The molecular weight excluding hydrogens is 376 g/mol. The SMILES string of the molecule is COCCn1cc(C)s/c1=N\C(=O)c1cc(Cl)ccc1OC1CCOC1. The number of halogens is 1. The number of thiazole rings is 1. The Morgan fingerprint density at radius 1 is 1.50 bits per heavy atom. The van der Waals surface area contributed by atoms with Gasteiger partial charge in [-0.05, 0) is 25.1 Å². The van der Waals surface area contributed by atoms with Crippen molar-refractivity contribution in [3.8, 4) is 5.75 Å². The largest absolute Gasteiger partial charge is 0.487 e. The molecular formula is C18H21ClN2O4S. The van der Waals surface area contributed by atoms with Crippen molar-refractivity contribution < 1.29 is 19.0 Å². The number of amides is 1. The highest BCUT2D eigenvalue weighted by atomic mass is 35.5. The predicted octanol–water partition coefficient (Wildman–Crippen LogP) is 3.07. The van der Waals surface area contributed by atoms with Gasteiger partial charge in [-0.2, -0.15) is 4.99 Å². The van der Waals surface area contributed by atoms with Crippen molar-refractivity contribution in [3.63, 3.8) is 0 Å². The van der Waals surface area contributed by atoms with Crippen molar-refractivity contribution in [1.82, 2.24) is 4.57 Å². The molecule has 1 atom stereocenters. The van der Waals surface area contributed by atoms with Crippen molar-refractivity contribution in [2.24, 2.45) is 4.99 Å². The van der Waals surface area contributed by atoms with E-state index in [-0.39, 0.29) is 12.0 Å². The maximum absolute atomic E-state index is 12.8. The second-order valence-corrected chi connectivity index (χ2v) is 7.62. The molecule has 0 radical (unpaired) electrons. The Morgan fingerprint density at radius 3 is 3.08 bits per heavy atom. The van der Waals surface area contributed by atoms with Gasteiger partial charge in [0.15, 0.2) is 4.80 Å². The molecule has 1 aliphatic heterocycles. The highest BCUT2D eigenvalue weighted by molar-refractivity contribution is 7.09. The van der Waals surface area contributed by atoms with Gasteiger partial charge in [0.05, 0.1) is 25.4 Å². The Labute approximate surface area is 161 Å². The van der Waals surface area contributed by atoms with E-state index < -0.39 is 0 Å². The Bertz CT molecular complexity index is 840. The molecule has 8 heteroatoms. The number of aryl methyl sites for hydroxylation is 1. The van der Waals surface area contributed by atoms with Gasteiger partial charge in [-0.1, -0.05) is 11.6 Å². The van der Waals surface area contributed by atoms with Crippen LogP contribution < -0.4 is 9.54 Å². The van der Waals surface area contributed by atoms with Crippen LogP contribution in [0.3, 0.4) is 0 Å². The van der Waals surface area contributed by atoms with Crippen molar-refractivity contribution in [2.75, 3.05) is 26.9 Å². The number of benzene rings is 1. The van der Waals surface area contributed by atoms with E-state index in [1.165, 1.54) is 11.3 Å². The minimum Gasteiger partial charge on any atom is -0.487 e. The van der Waals surface area contributed by atoms with Crippen LogP contribution in [0.4, 0.5) is 0 Å². The van der Waals surface area contributed by atoms with Gasteiger partial charge < -0.3 is 18.8 Å². The zero-order chi connectivity index (χ0) is 18.5. The van der Waals surface area contributed by atoms with Gasteiger partial charge in [0.25, 0.3) is 5.91 Å².